The van der Waals surface area contributed by atoms with E-state index in [4.69, 9.17) is 10.5 Å². The Labute approximate surface area is 116 Å². The normalized spacial score (nSPS) is 11.4. The molecule has 0 bridgehead atoms. The van der Waals surface area contributed by atoms with Crippen molar-refractivity contribution in [2.45, 2.75) is 6.18 Å². The van der Waals surface area contributed by atoms with Gasteiger partial charge < -0.3 is 10.5 Å². The zero-order chi connectivity index (χ0) is 14.9. The summed E-state index contributed by atoms with van der Waals surface area (Å²) in [5.41, 5.74) is 5.91. The van der Waals surface area contributed by atoms with Crippen molar-refractivity contribution >= 4 is 22.8 Å². The van der Waals surface area contributed by atoms with Gasteiger partial charge in [0.15, 0.2) is 5.01 Å². The van der Waals surface area contributed by atoms with Crippen LogP contribution in [0.25, 0.3) is 0 Å². The molecule has 0 fully saturated rings. The number of methoxy groups -OCH3 is 1. The van der Waals surface area contributed by atoms with Crippen LogP contribution in [-0.4, -0.2) is 17.9 Å². The molecule has 0 aliphatic rings. The van der Waals surface area contributed by atoms with Crippen molar-refractivity contribution in [1.82, 2.24) is 4.98 Å². The number of hydrogen-bond donors (Lipinski definition) is 1. The van der Waals surface area contributed by atoms with Crippen LogP contribution in [0, 0.1) is 0 Å². The van der Waals surface area contributed by atoms with Crippen molar-refractivity contribution < 1.29 is 22.7 Å². The maximum absolute atomic E-state index is 12.5. The number of halogens is 3. The molecule has 2 N–H and O–H groups in total. The van der Waals surface area contributed by atoms with Crippen LogP contribution in [0.2, 0.25) is 0 Å². The van der Waals surface area contributed by atoms with Gasteiger partial charge in [0.25, 0.3) is 0 Å². The fourth-order valence-corrected chi connectivity index (χ4v) is 2.30. The third kappa shape index (κ3) is 2.60. The molecule has 4 nitrogen and oxygen atoms in total. The number of anilines is 1. The molecule has 0 saturated heterocycles. The fraction of sp³-hybridized carbons (Fsp3) is 0.167. The maximum atomic E-state index is 12.5. The number of carbonyl (C=O) groups is 1. The number of thiazole rings is 1. The number of alkyl halides is 3. The summed E-state index contributed by atoms with van der Waals surface area (Å²) in [7, 11) is 1.38. The summed E-state index contributed by atoms with van der Waals surface area (Å²) in [5, 5.41) is -1.07. The number of nitrogens with two attached hydrogens (primary N) is 1. The van der Waals surface area contributed by atoms with Crippen molar-refractivity contribution in [2.75, 3.05) is 12.8 Å². The molecule has 0 unspecified atom stereocenters. The Morgan fingerprint density at radius 2 is 2.10 bits per heavy atom. The first-order chi connectivity index (χ1) is 9.34. The van der Waals surface area contributed by atoms with E-state index in [-0.39, 0.29) is 33.2 Å². The van der Waals surface area contributed by atoms with E-state index in [9.17, 15) is 18.0 Å². The molecule has 0 aliphatic heterocycles. The molecule has 106 valence electrons. The molecule has 0 saturated carbocycles. The molecule has 0 aliphatic carbocycles. The standard InChI is InChI=1S/C12H9F3N2O2S/c1-19-7-4-2-3-6(9(7)16)10(18)8-5-17-11(20-8)12(13,14)15/h2-5H,16H2,1H3. The minimum absolute atomic E-state index is 0.0849. The molecule has 0 radical (unpaired) electrons. The molecule has 1 heterocycles. The van der Waals surface area contributed by atoms with Gasteiger partial charge >= 0.3 is 6.18 Å². The summed E-state index contributed by atoms with van der Waals surface area (Å²) in [5.74, 6) is -0.328. The smallest absolute Gasteiger partial charge is 0.443 e. The maximum Gasteiger partial charge on any atom is 0.443 e. The van der Waals surface area contributed by atoms with Crippen molar-refractivity contribution in [3.63, 3.8) is 0 Å². The number of para-hydroxylation sites is 1. The van der Waals surface area contributed by atoms with E-state index in [2.05, 4.69) is 4.98 Å². The molecule has 2 aromatic rings. The van der Waals surface area contributed by atoms with Crippen molar-refractivity contribution in [2.24, 2.45) is 0 Å². The van der Waals surface area contributed by atoms with Gasteiger partial charge in [-0.3, -0.25) is 4.79 Å². The average Bonchev–Trinajstić information content (AvgIpc) is 2.87. The van der Waals surface area contributed by atoms with Gasteiger partial charge in [0.1, 0.15) is 5.75 Å². The Kier molecular flexibility index (Phi) is 3.67. The molecule has 1 aromatic carbocycles. The van der Waals surface area contributed by atoms with Crippen LogP contribution >= 0.6 is 11.3 Å². The molecule has 8 heteroatoms. The van der Waals surface area contributed by atoms with Gasteiger partial charge in [-0.15, -0.1) is 11.3 Å². The topological polar surface area (TPSA) is 65.2 Å². The number of carbonyl (C=O) groups excluding carboxylic acids is 1. The summed E-state index contributed by atoms with van der Waals surface area (Å²) in [6.45, 7) is 0. The number of ether oxygens (including phenoxy) is 1. The Morgan fingerprint density at radius 1 is 1.40 bits per heavy atom. The average molecular weight is 302 g/mol. The summed E-state index contributed by atoms with van der Waals surface area (Å²) in [6.07, 6.45) is -3.67. The number of nitrogen functional groups attached to an aromatic ring is 1. The first kappa shape index (κ1) is 14.3. The zero-order valence-electron chi connectivity index (χ0n) is 10.2. The summed E-state index contributed by atoms with van der Waals surface area (Å²) in [6, 6.07) is 4.52. The summed E-state index contributed by atoms with van der Waals surface area (Å²) < 4.78 is 42.3. The zero-order valence-corrected chi connectivity index (χ0v) is 11.0. The SMILES string of the molecule is COc1cccc(C(=O)c2cnc(C(F)(F)F)s2)c1N. The second kappa shape index (κ2) is 5.12. The fourth-order valence-electron chi connectivity index (χ4n) is 1.56. The highest BCUT2D eigenvalue weighted by Crippen LogP contribution is 2.34. The predicted molar refractivity (Wildman–Crippen MR) is 68.0 cm³/mol. The Morgan fingerprint density at radius 3 is 2.65 bits per heavy atom. The van der Waals surface area contributed by atoms with Gasteiger partial charge in [0.2, 0.25) is 5.78 Å². The van der Waals surface area contributed by atoms with Gasteiger partial charge in [-0.2, -0.15) is 13.2 Å². The van der Waals surface area contributed by atoms with Gasteiger partial charge in [0.05, 0.1) is 23.2 Å². The highest BCUT2D eigenvalue weighted by atomic mass is 32.1. The molecule has 0 amide bonds. The Bertz CT molecular complexity index is 652. The Balaban J connectivity index is 2.40. The first-order valence-electron chi connectivity index (χ1n) is 5.34. The van der Waals surface area contributed by atoms with E-state index in [0.717, 1.165) is 6.20 Å². The summed E-state index contributed by atoms with van der Waals surface area (Å²) in [4.78, 5) is 15.2. The molecular weight excluding hydrogens is 293 g/mol. The molecule has 2 rings (SSSR count). The lowest BCUT2D eigenvalue weighted by atomic mass is 10.1. The van der Waals surface area contributed by atoms with Crippen LogP contribution in [0.1, 0.15) is 20.2 Å². The van der Waals surface area contributed by atoms with Gasteiger partial charge in [-0.1, -0.05) is 6.07 Å². The number of ketones is 1. The third-order valence-corrected chi connectivity index (χ3v) is 3.54. The van der Waals surface area contributed by atoms with E-state index in [0.29, 0.717) is 0 Å². The highest BCUT2D eigenvalue weighted by molar-refractivity contribution is 7.14. The van der Waals surface area contributed by atoms with Gasteiger partial charge in [-0.25, -0.2) is 4.98 Å². The van der Waals surface area contributed by atoms with E-state index in [1.165, 1.54) is 19.2 Å². The summed E-state index contributed by atoms with van der Waals surface area (Å²) >= 11 is 0.283. The van der Waals surface area contributed by atoms with Crippen molar-refractivity contribution in [3.8, 4) is 5.75 Å². The van der Waals surface area contributed by atoms with Crippen LogP contribution in [0.5, 0.6) is 5.75 Å². The number of benzene rings is 1. The van der Waals surface area contributed by atoms with Crippen LogP contribution in [-0.2, 0) is 6.18 Å². The number of rotatable bonds is 3. The second-order valence-corrected chi connectivity index (χ2v) is 4.81. The van der Waals surface area contributed by atoms with Crippen LogP contribution in [0.15, 0.2) is 24.4 Å². The largest absolute Gasteiger partial charge is 0.495 e. The Hall–Kier alpha value is -2.09. The lowest BCUT2D eigenvalue weighted by Gasteiger charge is -2.07. The predicted octanol–water partition coefficient (Wildman–Crippen LogP) is 2.98. The van der Waals surface area contributed by atoms with Crippen LogP contribution in [0.4, 0.5) is 18.9 Å². The lowest BCUT2D eigenvalue weighted by Crippen LogP contribution is -2.05. The van der Waals surface area contributed by atoms with Crippen LogP contribution < -0.4 is 10.5 Å². The minimum Gasteiger partial charge on any atom is -0.495 e. The molecule has 20 heavy (non-hydrogen) atoms. The lowest BCUT2D eigenvalue weighted by molar-refractivity contribution is -0.137. The van der Waals surface area contributed by atoms with Crippen LogP contribution in [0.3, 0.4) is 0 Å². The molecule has 1 aromatic heterocycles. The third-order valence-electron chi connectivity index (χ3n) is 2.50. The van der Waals surface area contributed by atoms with Crippen molar-refractivity contribution in [1.29, 1.82) is 0 Å². The minimum atomic E-state index is -4.57. The monoisotopic (exact) mass is 302 g/mol. The first-order valence-corrected chi connectivity index (χ1v) is 6.16. The van der Waals surface area contributed by atoms with E-state index in [1.807, 2.05) is 0 Å². The highest BCUT2D eigenvalue weighted by Gasteiger charge is 2.35. The van der Waals surface area contributed by atoms with E-state index in [1.54, 1.807) is 6.07 Å². The number of nitrogens with zero attached hydrogens (tertiary/aromatic N) is 1. The number of aromatic nitrogens is 1. The van der Waals surface area contributed by atoms with E-state index < -0.39 is 17.0 Å². The quantitative estimate of drug-likeness (QED) is 0.699. The molecule has 0 atom stereocenters. The molecular formula is C12H9F3N2O2S. The van der Waals surface area contributed by atoms with E-state index >= 15 is 0 Å². The van der Waals surface area contributed by atoms with Gasteiger partial charge in [-0.05, 0) is 12.1 Å². The van der Waals surface area contributed by atoms with Gasteiger partial charge in [0, 0.05) is 6.20 Å². The molecule has 0 spiro atoms. The number of hydrogen-bond acceptors (Lipinski definition) is 5. The van der Waals surface area contributed by atoms with Crippen molar-refractivity contribution in [3.05, 3.63) is 39.8 Å². The second-order valence-electron chi connectivity index (χ2n) is 3.78.